The van der Waals surface area contributed by atoms with Gasteiger partial charge in [-0.3, -0.25) is 4.99 Å². The van der Waals surface area contributed by atoms with Gasteiger partial charge in [-0.25, -0.2) is 0 Å². The number of anilines is 1. The van der Waals surface area contributed by atoms with E-state index in [0.717, 1.165) is 16.8 Å². The fourth-order valence-electron chi connectivity index (χ4n) is 1.28. The molecule has 0 aliphatic heterocycles. The quantitative estimate of drug-likeness (QED) is 0.828. The minimum absolute atomic E-state index is 0.307. The van der Waals surface area contributed by atoms with E-state index in [9.17, 15) is 5.11 Å². The van der Waals surface area contributed by atoms with Gasteiger partial charge in [0.1, 0.15) is 5.75 Å². The second kappa shape index (κ2) is 8.96. The Hall–Kier alpha value is -0.0469. The van der Waals surface area contributed by atoms with Crippen molar-refractivity contribution in [3.05, 3.63) is 23.3 Å². The molecule has 94 valence electrons. The van der Waals surface area contributed by atoms with Crippen LogP contribution in [0.1, 0.15) is 11.1 Å². The molecule has 0 atom stereocenters. The predicted octanol–water partition coefficient (Wildman–Crippen LogP) is 3.19. The Bertz CT molecular complexity index is 384. The standard InChI is InChI=1S/C11H16N2O.2ClH.Zr/c1-8-5-10(13(3)4)6-9(7-12-2)11(8)14;;;/h5-7,14H,1-4H3;2*1H;/q;;;+2/p-2. The van der Waals surface area contributed by atoms with Crippen LogP contribution in [-0.4, -0.2) is 32.5 Å². The van der Waals surface area contributed by atoms with Crippen molar-refractivity contribution in [2.45, 2.75) is 6.92 Å². The van der Waals surface area contributed by atoms with Crippen LogP contribution in [0.5, 0.6) is 5.75 Å². The molecule has 1 N–H and O–H groups in total. The molecule has 0 bridgehead atoms. The molecule has 0 saturated heterocycles. The van der Waals surface area contributed by atoms with Gasteiger partial charge in [-0.2, -0.15) is 0 Å². The van der Waals surface area contributed by atoms with Crippen molar-refractivity contribution in [2.75, 3.05) is 26.0 Å². The van der Waals surface area contributed by atoms with Crippen LogP contribution in [0.25, 0.3) is 0 Å². The first-order chi connectivity index (χ1) is 7.97. The summed E-state index contributed by atoms with van der Waals surface area (Å²) < 4.78 is 0. The SMILES string of the molecule is CN=Cc1cc(N(C)C)cc(C)c1O.[Cl][Zr][Cl]. The summed E-state index contributed by atoms with van der Waals surface area (Å²) in [4.78, 5) is 5.90. The molecule has 0 saturated carbocycles. The Morgan fingerprint density at radius 2 is 1.88 bits per heavy atom. The van der Waals surface area contributed by atoms with E-state index in [1.165, 1.54) is 0 Å². The number of rotatable bonds is 2. The van der Waals surface area contributed by atoms with Crippen LogP contribution in [0.3, 0.4) is 0 Å². The molecular formula is C11H16Cl2N2OZr. The molecule has 1 rings (SSSR count). The molecule has 0 radical (unpaired) electrons. The van der Waals surface area contributed by atoms with Crippen molar-refractivity contribution < 1.29 is 26.0 Å². The third-order valence-corrected chi connectivity index (χ3v) is 2.10. The van der Waals surface area contributed by atoms with Gasteiger partial charge >= 0.3 is 37.9 Å². The van der Waals surface area contributed by atoms with Crippen LogP contribution in [-0.2, 0) is 20.8 Å². The van der Waals surface area contributed by atoms with Gasteiger partial charge in [-0.05, 0) is 24.6 Å². The fourth-order valence-corrected chi connectivity index (χ4v) is 1.28. The molecule has 0 amide bonds. The summed E-state index contributed by atoms with van der Waals surface area (Å²) in [5.41, 5.74) is 2.69. The van der Waals surface area contributed by atoms with Crippen LogP contribution < -0.4 is 4.90 Å². The average molecular weight is 354 g/mol. The topological polar surface area (TPSA) is 35.8 Å². The molecule has 0 aliphatic carbocycles. The summed E-state index contributed by atoms with van der Waals surface area (Å²) in [7, 11) is 15.5. The molecule has 3 nitrogen and oxygen atoms in total. The van der Waals surface area contributed by atoms with Gasteiger partial charge in [0, 0.05) is 38.6 Å². The molecule has 1 aromatic carbocycles. The monoisotopic (exact) mass is 352 g/mol. The maximum absolute atomic E-state index is 9.73. The van der Waals surface area contributed by atoms with Crippen molar-refractivity contribution in [3.8, 4) is 5.75 Å². The van der Waals surface area contributed by atoms with E-state index in [2.05, 4.69) is 4.99 Å². The Labute approximate surface area is 121 Å². The number of halogens is 2. The molecule has 17 heavy (non-hydrogen) atoms. The van der Waals surface area contributed by atoms with Crippen molar-refractivity contribution in [2.24, 2.45) is 4.99 Å². The van der Waals surface area contributed by atoms with Gasteiger partial charge in [0.15, 0.2) is 0 Å². The van der Waals surface area contributed by atoms with Gasteiger partial charge in [-0.1, -0.05) is 0 Å². The Kier molecular flexibility index (Phi) is 8.93. The fraction of sp³-hybridized carbons (Fsp3) is 0.364. The third kappa shape index (κ3) is 5.90. The normalized spacial score (nSPS) is 9.76. The van der Waals surface area contributed by atoms with Crippen LogP contribution in [0.2, 0.25) is 0 Å². The van der Waals surface area contributed by atoms with E-state index in [-0.39, 0.29) is 0 Å². The van der Waals surface area contributed by atoms with Gasteiger partial charge < -0.3 is 10.0 Å². The van der Waals surface area contributed by atoms with E-state index < -0.39 is 20.8 Å². The summed E-state index contributed by atoms with van der Waals surface area (Å²) >= 11 is -0.826. The molecule has 0 aliphatic rings. The Balaban J connectivity index is 0.000000770. The number of hydrogen-bond acceptors (Lipinski definition) is 3. The van der Waals surface area contributed by atoms with E-state index in [0.29, 0.717) is 5.75 Å². The Morgan fingerprint density at radius 1 is 1.35 bits per heavy atom. The van der Waals surface area contributed by atoms with Crippen molar-refractivity contribution in [3.63, 3.8) is 0 Å². The molecule has 1 aromatic rings. The Morgan fingerprint density at radius 3 is 2.29 bits per heavy atom. The summed E-state index contributed by atoms with van der Waals surface area (Å²) in [6.45, 7) is 1.88. The molecule has 0 spiro atoms. The van der Waals surface area contributed by atoms with Crippen molar-refractivity contribution in [1.82, 2.24) is 0 Å². The number of hydrogen-bond donors (Lipinski definition) is 1. The number of benzene rings is 1. The van der Waals surface area contributed by atoms with Crippen LogP contribution in [0.4, 0.5) is 5.69 Å². The van der Waals surface area contributed by atoms with Crippen molar-refractivity contribution in [1.29, 1.82) is 0 Å². The second-order valence-electron chi connectivity index (χ2n) is 3.55. The first kappa shape index (κ1) is 17.0. The molecule has 0 unspecified atom stereocenters. The number of nitrogens with zero attached hydrogens (tertiary/aromatic N) is 2. The molecule has 0 fully saturated rings. The van der Waals surface area contributed by atoms with Gasteiger partial charge in [0.25, 0.3) is 0 Å². The van der Waals surface area contributed by atoms with E-state index in [4.69, 9.17) is 17.0 Å². The first-order valence-electron chi connectivity index (χ1n) is 4.87. The zero-order valence-electron chi connectivity index (χ0n) is 10.3. The minimum atomic E-state index is -0.826. The second-order valence-corrected chi connectivity index (χ2v) is 7.29. The maximum atomic E-state index is 9.73. The molecule has 6 heteroatoms. The average Bonchev–Trinajstić information content (AvgIpc) is 2.25. The van der Waals surface area contributed by atoms with Gasteiger partial charge in [0.2, 0.25) is 0 Å². The predicted molar refractivity (Wildman–Crippen MR) is 72.4 cm³/mol. The molecule has 0 aromatic heterocycles. The number of aliphatic imine (C=N–C) groups is 1. The van der Waals surface area contributed by atoms with Crippen molar-refractivity contribution >= 4 is 28.9 Å². The van der Waals surface area contributed by atoms with Gasteiger partial charge in [-0.15, -0.1) is 0 Å². The van der Waals surface area contributed by atoms with Crippen LogP contribution in [0.15, 0.2) is 17.1 Å². The summed E-state index contributed by atoms with van der Waals surface area (Å²) in [5.74, 6) is 0.307. The third-order valence-electron chi connectivity index (χ3n) is 2.10. The molecule has 0 heterocycles. The van der Waals surface area contributed by atoms with Crippen LogP contribution >= 0.6 is 17.0 Å². The van der Waals surface area contributed by atoms with E-state index >= 15 is 0 Å². The number of aryl methyl sites for hydroxylation is 1. The zero-order chi connectivity index (χ0) is 13.4. The first-order valence-corrected chi connectivity index (χ1v) is 11.2. The summed E-state index contributed by atoms with van der Waals surface area (Å²) in [5, 5.41) is 9.73. The van der Waals surface area contributed by atoms with E-state index in [1.807, 2.05) is 38.1 Å². The zero-order valence-corrected chi connectivity index (χ0v) is 14.3. The molecular weight excluding hydrogens is 338 g/mol. The summed E-state index contributed by atoms with van der Waals surface area (Å²) in [6.07, 6.45) is 1.66. The number of aromatic hydroxyl groups is 1. The van der Waals surface area contributed by atoms with E-state index in [1.54, 1.807) is 13.3 Å². The van der Waals surface area contributed by atoms with Gasteiger partial charge in [0.05, 0.1) is 0 Å². The summed E-state index contributed by atoms with van der Waals surface area (Å²) in [6, 6.07) is 3.86. The number of phenolic OH excluding ortho intramolecular Hbond substituents is 1. The number of phenols is 1. The van der Waals surface area contributed by atoms with Crippen LogP contribution in [0, 0.1) is 6.92 Å².